The van der Waals surface area contributed by atoms with Crippen LogP contribution in [0.25, 0.3) is 0 Å². The molecular weight excluding hydrogens is 224 g/mol. The van der Waals surface area contributed by atoms with Gasteiger partial charge in [0.1, 0.15) is 0 Å². The van der Waals surface area contributed by atoms with Gasteiger partial charge in [-0.05, 0) is 32.6 Å². The zero-order valence-electron chi connectivity index (χ0n) is 12.9. The number of carbonyl (C=O) groups is 1. The molecule has 18 heavy (non-hydrogen) atoms. The molecule has 3 nitrogen and oxygen atoms in total. The number of nitrogens with one attached hydrogen (secondary N) is 1. The minimum atomic E-state index is -0.360. The van der Waals surface area contributed by atoms with Gasteiger partial charge in [-0.3, -0.25) is 10.1 Å². The van der Waals surface area contributed by atoms with Gasteiger partial charge in [0.15, 0.2) is 0 Å². The molecule has 0 aromatic rings. The molecule has 4 unspecified atom stereocenters. The van der Waals surface area contributed by atoms with E-state index < -0.39 is 0 Å². The first-order valence-electron chi connectivity index (χ1n) is 7.51. The Morgan fingerprint density at radius 1 is 1.33 bits per heavy atom. The van der Waals surface area contributed by atoms with Gasteiger partial charge in [0, 0.05) is 6.04 Å². The minimum Gasteiger partial charge on any atom is -0.323 e. The summed E-state index contributed by atoms with van der Waals surface area (Å²) >= 11 is 0. The second-order valence-electron chi connectivity index (χ2n) is 5.97. The summed E-state index contributed by atoms with van der Waals surface area (Å²) in [7, 11) is 0. The van der Waals surface area contributed by atoms with E-state index in [0.29, 0.717) is 12.0 Å². The molecule has 1 saturated heterocycles. The Labute approximate surface area is 112 Å². The number of nitrogens with zero attached hydrogens (tertiary/aromatic N) is 1. The van der Waals surface area contributed by atoms with Crippen molar-refractivity contribution >= 4 is 5.91 Å². The zero-order valence-corrected chi connectivity index (χ0v) is 12.9. The fourth-order valence-corrected chi connectivity index (χ4v) is 2.75. The van der Waals surface area contributed by atoms with E-state index in [4.69, 9.17) is 0 Å². The van der Waals surface area contributed by atoms with Gasteiger partial charge in [-0.15, -0.1) is 0 Å². The first kappa shape index (κ1) is 15.5. The van der Waals surface area contributed by atoms with Gasteiger partial charge in [-0.1, -0.05) is 40.5 Å². The Balaban J connectivity index is 2.94. The van der Waals surface area contributed by atoms with Crippen molar-refractivity contribution in [2.24, 2.45) is 5.92 Å². The van der Waals surface area contributed by atoms with Crippen LogP contribution in [-0.2, 0) is 4.79 Å². The van der Waals surface area contributed by atoms with E-state index in [9.17, 15) is 4.79 Å². The van der Waals surface area contributed by atoms with Gasteiger partial charge in [0.2, 0.25) is 5.91 Å². The molecule has 1 amide bonds. The Kier molecular flexibility index (Phi) is 5.20. The van der Waals surface area contributed by atoms with E-state index in [2.05, 4.69) is 44.8 Å². The smallest absolute Gasteiger partial charge is 0.244 e. The lowest BCUT2D eigenvalue weighted by Crippen LogP contribution is -2.46. The standard InChI is InChI=1S/C15H30N2O/c1-7-10-13-16-15(6,9-3)14(18)17(13)12(5)11(4)8-2/h11-13,16H,7-10H2,1-6H3. The number of amides is 1. The molecule has 1 heterocycles. The fourth-order valence-electron chi connectivity index (χ4n) is 2.75. The number of hydrogen-bond donors (Lipinski definition) is 1. The summed E-state index contributed by atoms with van der Waals surface area (Å²) in [6.07, 6.45) is 4.34. The zero-order chi connectivity index (χ0) is 13.9. The highest BCUT2D eigenvalue weighted by atomic mass is 16.2. The van der Waals surface area contributed by atoms with Crippen molar-refractivity contribution in [3.8, 4) is 0 Å². The van der Waals surface area contributed by atoms with E-state index in [1.54, 1.807) is 0 Å². The highest BCUT2D eigenvalue weighted by Crippen LogP contribution is 2.30. The van der Waals surface area contributed by atoms with Gasteiger partial charge in [0.05, 0.1) is 11.7 Å². The van der Waals surface area contributed by atoms with Crippen LogP contribution >= 0.6 is 0 Å². The van der Waals surface area contributed by atoms with E-state index in [1.165, 1.54) is 0 Å². The molecule has 0 aromatic heterocycles. The molecule has 4 atom stereocenters. The molecule has 0 aromatic carbocycles. The SMILES string of the molecule is CCCC1NC(C)(CC)C(=O)N1C(C)C(C)CC. The number of carbonyl (C=O) groups excluding carboxylic acids is 1. The van der Waals surface area contributed by atoms with Crippen LogP contribution in [0.4, 0.5) is 0 Å². The minimum absolute atomic E-state index is 0.219. The summed E-state index contributed by atoms with van der Waals surface area (Å²) < 4.78 is 0. The molecule has 0 bridgehead atoms. The Morgan fingerprint density at radius 2 is 1.94 bits per heavy atom. The lowest BCUT2D eigenvalue weighted by molar-refractivity contribution is -0.135. The van der Waals surface area contributed by atoms with Crippen LogP contribution < -0.4 is 5.32 Å². The second-order valence-corrected chi connectivity index (χ2v) is 5.97. The van der Waals surface area contributed by atoms with Gasteiger partial charge in [-0.25, -0.2) is 0 Å². The summed E-state index contributed by atoms with van der Waals surface area (Å²) in [6, 6.07) is 0.319. The van der Waals surface area contributed by atoms with Crippen LogP contribution in [0.5, 0.6) is 0 Å². The lowest BCUT2D eigenvalue weighted by atomic mass is 9.96. The summed E-state index contributed by atoms with van der Waals surface area (Å²) in [6.45, 7) is 12.9. The normalized spacial score (nSPS) is 31.8. The molecule has 106 valence electrons. The largest absolute Gasteiger partial charge is 0.323 e. The first-order valence-corrected chi connectivity index (χ1v) is 7.51. The molecule has 0 saturated carbocycles. The van der Waals surface area contributed by atoms with Crippen molar-refractivity contribution in [1.29, 1.82) is 0 Å². The highest BCUT2D eigenvalue weighted by molar-refractivity contribution is 5.88. The average Bonchev–Trinajstić information content (AvgIpc) is 2.61. The molecule has 1 rings (SSSR count). The Hall–Kier alpha value is -0.570. The second kappa shape index (κ2) is 6.05. The van der Waals surface area contributed by atoms with Crippen molar-refractivity contribution < 1.29 is 4.79 Å². The predicted molar refractivity (Wildman–Crippen MR) is 76.3 cm³/mol. The maximum atomic E-state index is 12.7. The number of hydrogen-bond acceptors (Lipinski definition) is 2. The van der Waals surface area contributed by atoms with Gasteiger partial charge < -0.3 is 4.90 Å². The highest BCUT2D eigenvalue weighted by Gasteiger charge is 2.48. The van der Waals surface area contributed by atoms with Gasteiger partial charge >= 0.3 is 0 Å². The van der Waals surface area contributed by atoms with E-state index in [-0.39, 0.29) is 17.6 Å². The van der Waals surface area contributed by atoms with Crippen molar-refractivity contribution in [3.05, 3.63) is 0 Å². The molecule has 0 radical (unpaired) electrons. The van der Waals surface area contributed by atoms with Gasteiger partial charge in [-0.2, -0.15) is 0 Å². The third-order valence-electron chi connectivity index (χ3n) is 4.70. The first-order chi connectivity index (χ1) is 8.41. The molecule has 0 spiro atoms. The summed E-state index contributed by atoms with van der Waals surface area (Å²) in [5, 5.41) is 3.55. The molecule has 1 aliphatic rings. The molecule has 1 N–H and O–H groups in total. The third kappa shape index (κ3) is 2.71. The van der Waals surface area contributed by atoms with Gasteiger partial charge in [0.25, 0.3) is 0 Å². The molecule has 1 fully saturated rings. The summed E-state index contributed by atoms with van der Waals surface area (Å²) in [4.78, 5) is 14.8. The summed E-state index contributed by atoms with van der Waals surface area (Å²) in [5.41, 5.74) is -0.360. The maximum absolute atomic E-state index is 12.7. The Morgan fingerprint density at radius 3 is 2.39 bits per heavy atom. The summed E-state index contributed by atoms with van der Waals surface area (Å²) in [5.74, 6) is 0.838. The molecule has 1 aliphatic heterocycles. The Bertz CT molecular complexity index is 292. The van der Waals surface area contributed by atoms with Crippen molar-refractivity contribution in [3.63, 3.8) is 0 Å². The third-order valence-corrected chi connectivity index (χ3v) is 4.70. The average molecular weight is 254 g/mol. The van der Waals surface area contributed by atoms with Crippen molar-refractivity contribution in [1.82, 2.24) is 10.2 Å². The van der Waals surface area contributed by atoms with Crippen LogP contribution in [-0.4, -0.2) is 28.6 Å². The van der Waals surface area contributed by atoms with Crippen LogP contribution in [0.3, 0.4) is 0 Å². The van der Waals surface area contributed by atoms with E-state index in [1.807, 2.05) is 6.92 Å². The number of rotatable bonds is 6. The molecule has 0 aliphatic carbocycles. The monoisotopic (exact) mass is 254 g/mol. The van der Waals surface area contributed by atoms with Crippen LogP contribution in [0.15, 0.2) is 0 Å². The molecule has 3 heteroatoms. The topological polar surface area (TPSA) is 32.3 Å². The van der Waals surface area contributed by atoms with Crippen LogP contribution in [0.2, 0.25) is 0 Å². The quantitative estimate of drug-likeness (QED) is 0.789. The van der Waals surface area contributed by atoms with Crippen LogP contribution in [0, 0.1) is 5.92 Å². The fraction of sp³-hybridized carbons (Fsp3) is 0.933. The van der Waals surface area contributed by atoms with Crippen LogP contribution in [0.1, 0.15) is 67.2 Å². The maximum Gasteiger partial charge on any atom is 0.244 e. The molecular formula is C15H30N2O. The lowest BCUT2D eigenvalue weighted by Gasteiger charge is -2.34. The predicted octanol–water partition coefficient (Wildman–Crippen LogP) is 3.15. The van der Waals surface area contributed by atoms with Crippen molar-refractivity contribution in [2.45, 2.75) is 85.0 Å². The van der Waals surface area contributed by atoms with Crippen molar-refractivity contribution in [2.75, 3.05) is 0 Å². The van der Waals surface area contributed by atoms with E-state index in [0.717, 1.165) is 25.7 Å². The van der Waals surface area contributed by atoms with E-state index >= 15 is 0 Å².